The molecule has 2 nitrogen and oxygen atoms in total. The molecule has 2 aromatic carbocycles. The Morgan fingerprint density at radius 2 is 1.77 bits per heavy atom. The van der Waals surface area contributed by atoms with Crippen molar-refractivity contribution < 1.29 is 9.13 Å². The number of rotatable bonds is 6. The number of piperidine rings is 1. The van der Waals surface area contributed by atoms with Crippen LogP contribution in [0.25, 0.3) is 11.1 Å². The van der Waals surface area contributed by atoms with E-state index in [9.17, 15) is 4.39 Å². The van der Waals surface area contributed by atoms with Crippen molar-refractivity contribution in [1.29, 1.82) is 0 Å². The second kappa shape index (κ2) is 8.68. The highest BCUT2D eigenvalue weighted by atomic mass is 19.1. The number of nitrogens with zero attached hydrogens (tertiary/aromatic N) is 1. The van der Waals surface area contributed by atoms with Crippen molar-refractivity contribution in [2.45, 2.75) is 46.1 Å². The Balaban J connectivity index is 1.99. The van der Waals surface area contributed by atoms with E-state index in [1.165, 1.54) is 36.5 Å². The minimum absolute atomic E-state index is 0.192. The summed E-state index contributed by atoms with van der Waals surface area (Å²) in [6.45, 7) is 7.63. The molecule has 0 saturated carbocycles. The van der Waals surface area contributed by atoms with Crippen LogP contribution < -0.4 is 4.74 Å². The fraction of sp³-hybridized carbons (Fsp3) is 0.478. The summed E-state index contributed by atoms with van der Waals surface area (Å²) in [5, 5.41) is 0. The first-order valence-corrected chi connectivity index (χ1v) is 9.75. The molecule has 0 atom stereocenters. The lowest BCUT2D eigenvalue weighted by molar-refractivity contribution is 0.221. The predicted octanol–water partition coefficient (Wildman–Crippen LogP) is 5.69. The van der Waals surface area contributed by atoms with Crippen LogP contribution >= 0.6 is 0 Å². The lowest BCUT2D eigenvalue weighted by Crippen LogP contribution is -2.29. The standard InChI is InChI=1S/C23H30FNO/c1-17(2)13-18-7-9-21(22-15-20(26-3)8-10-23(22)24)19(14-18)16-25-11-5-4-6-12-25/h7-10,14-15,17H,4-6,11-13,16H2,1-3H3. The van der Waals surface area contributed by atoms with Crippen molar-refractivity contribution >= 4 is 0 Å². The van der Waals surface area contributed by atoms with E-state index in [1.54, 1.807) is 13.2 Å². The van der Waals surface area contributed by atoms with Crippen LogP contribution in [0.15, 0.2) is 36.4 Å². The molecule has 3 rings (SSSR count). The molecule has 0 radical (unpaired) electrons. The predicted molar refractivity (Wildman–Crippen MR) is 106 cm³/mol. The van der Waals surface area contributed by atoms with Crippen LogP contribution in [0.3, 0.4) is 0 Å². The Hall–Kier alpha value is -1.87. The Kier molecular flexibility index (Phi) is 6.31. The molecule has 140 valence electrons. The van der Waals surface area contributed by atoms with Gasteiger partial charge in [0.15, 0.2) is 0 Å². The molecule has 0 N–H and O–H groups in total. The van der Waals surface area contributed by atoms with Gasteiger partial charge in [-0.2, -0.15) is 0 Å². The third kappa shape index (κ3) is 4.64. The SMILES string of the molecule is COc1ccc(F)c(-c2ccc(CC(C)C)cc2CN2CCCCC2)c1. The number of hydrogen-bond donors (Lipinski definition) is 0. The van der Waals surface area contributed by atoms with Gasteiger partial charge >= 0.3 is 0 Å². The lowest BCUT2D eigenvalue weighted by atomic mass is 9.93. The second-order valence-electron chi connectivity index (χ2n) is 7.77. The van der Waals surface area contributed by atoms with Crippen LogP contribution in [0, 0.1) is 11.7 Å². The molecule has 0 aliphatic carbocycles. The molecule has 3 heteroatoms. The van der Waals surface area contributed by atoms with Gasteiger partial charge in [0.2, 0.25) is 0 Å². The summed E-state index contributed by atoms with van der Waals surface area (Å²) in [6.07, 6.45) is 4.89. The minimum atomic E-state index is -0.192. The van der Waals surface area contributed by atoms with E-state index in [-0.39, 0.29) is 5.82 Å². The first-order valence-electron chi connectivity index (χ1n) is 9.75. The molecule has 1 fully saturated rings. The van der Waals surface area contributed by atoms with E-state index < -0.39 is 0 Å². The zero-order valence-electron chi connectivity index (χ0n) is 16.2. The third-order valence-corrected chi connectivity index (χ3v) is 5.12. The molecular weight excluding hydrogens is 325 g/mol. The number of methoxy groups -OCH3 is 1. The normalized spacial score (nSPS) is 15.4. The van der Waals surface area contributed by atoms with Crippen LogP contribution in [0.4, 0.5) is 4.39 Å². The van der Waals surface area contributed by atoms with E-state index in [2.05, 4.69) is 36.9 Å². The van der Waals surface area contributed by atoms with E-state index in [0.717, 1.165) is 31.6 Å². The Bertz CT molecular complexity index is 735. The molecule has 26 heavy (non-hydrogen) atoms. The van der Waals surface area contributed by atoms with Crippen molar-refractivity contribution in [3.63, 3.8) is 0 Å². The van der Waals surface area contributed by atoms with Crippen LogP contribution in [-0.2, 0) is 13.0 Å². The van der Waals surface area contributed by atoms with Gasteiger partial charge in [0.05, 0.1) is 7.11 Å². The maximum atomic E-state index is 14.6. The van der Waals surface area contributed by atoms with Crippen LogP contribution in [-0.4, -0.2) is 25.1 Å². The molecule has 1 saturated heterocycles. The molecule has 1 aliphatic heterocycles. The van der Waals surface area contributed by atoms with E-state index in [4.69, 9.17) is 4.74 Å². The zero-order chi connectivity index (χ0) is 18.5. The number of halogens is 1. The van der Waals surface area contributed by atoms with Crippen LogP contribution in [0.2, 0.25) is 0 Å². The topological polar surface area (TPSA) is 12.5 Å². The number of likely N-dealkylation sites (tertiary alicyclic amines) is 1. The third-order valence-electron chi connectivity index (χ3n) is 5.12. The highest BCUT2D eigenvalue weighted by Crippen LogP contribution is 2.32. The van der Waals surface area contributed by atoms with Crippen molar-refractivity contribution in [2.24, 2.45) is 5.92 Å². The van der Waals surface area contributed by atoms with Crippen molar-refractivity contribution in [3.05, 3.63) is 53.3 Å². The van der Waals surface area contributed by atoms with Crippen molar-refractivity contribution in [1.82, 2.24) is 4.90 Å². The Morgan fingerprint density at radius 1 is 1.00 bits per heavy atom. The minimum Gasteiger partial charge on any atom is -0.497 e. The van der Waals surface area contributed by atoms with E-state index in [1.807, 2.05) is 6.07 Å². The summed E-state index contributed by atoms with van der Waals surface area (Å²) in [4.78, 5) is 2.50. The first-order chi connectivity index (χ1) is 12.6. The Labute approximate surface area is 157 Å². The average Bonchev–Trinajstić information content (AvgIpc) is 2.63. The van der Waals surface area contributed by atoms with Gasteiger partial charge in [-0.3, -0.25) is 4.90 Å². The molecule has 0 amide bonds. The highest BCUT2D eigenvalue weighted by molar-refractivity contribution is 5.70. The Morgan fingerprint density at radius 3 is 2.46 bits per heavy atom. The van der Waals surface area contributed by atoms with Gasteiger partial charge in [-0.05, 0) is 73.2 Å². The maximum Gasteiger partial charge on any atom is 0.131 e. The van der Waals surface area contributed by atoms with Crippen LogP contribution in [0.5, 0.6) is 5.75 Å². The first kappa shape index (κ1) is 18.9. The van der Waals surface area contributed by atoms with Crippen molar-refractivity contribution in [3.8, 4) is 16.9 Å². The number of benzene rings is 2. The molecule has 1 aliphatic rings. The molecule has 2 aromatic rings. The zero-order valence-corrected chi connectivity index (χ0v) is 16.2. The summed E-state index contributed by atoms with van der Waals surface area (Å²) in [7, 11) is 1.62. The van der Waals surface area contributed by atoms with Crippen LogP contribution in [0.1, 0.15) is 44.2 Å². The fourth-order valence-electron chi connectivity index (χ4n) is 3.84. The van der Waals surface area contributed by atoms with E-state index in [0.29, 0.717) is 17.2 Å². The van der Waals surface area contributed by atoms with Crippen molar-refractivity contribution in [2.75, 3.05) is 20.2 Å². The van der Waals surface area contributed by atoms with Gasteiger partial charge in [0.25, 0.3) is 0 Å². The monoisotopic (exact) mass is 355 g/mol. The quantitative estimate of drug-likeness (QED) is 0.660. The average molecular weight is 355 g/mol. The van der Waals surface area contributed by atoms with Gasteiger partial charge in [0, 0.05) is 12.1 Å². The molecule has 0 bridgehead atoms. The summed E-state index contributed by atoms with van der Waals surface area (Å²) in [6, 6.07) is 11.5. The highest BCUT2D eigenvalue weighted by Gasteiger charge is 2.16. The second-order valence-corrected chi connectivity index (χ2v) is 7.77. The number of ether oxygens (including phenoxy) is 1. The maximum absolute atomic E-state index is 14.6. The summed E-state index contributed by atoms with van der Waals surface area (Å²) in [5.41, 5.74) is 4.17. The summed E-state index contributed by atoms with van der Waals surface area (Å²) in [5.74, 6) is 1.11. The fourth-order valence-corrected chi connectivity index (χ4v) is 3.84. The number of hydrogen-bond acceptors (Lipinski definition) is 2. The van der Waals surface area contributed by atoms with Gasteiger partial charge in [0.1, 0.15) is 11.6 Å². The summed E-state index contributed by atoms with van der Waals surface area (Å²) >= 11 is 0. The van der Waals surface area contributed by atoms with Gasteiger partial charge in [-0.15, -0.1) is 0 Å². The molecule has 0 aromatic heterocycles. The van der Waals surface area contributed by atoms with E-state index >= 15 is 0 Å². The van der Waals surface area contributed by atoms with Gasteiger partial charge in [-0.1, -0.05) is 38.5 Å². The lowest BCUT2D eigenvalue weighted by Gasteiger charge is -2.28. The van der Waals surface area contributed by atoms with Gasteiger partial charge < -0.3 is 4.74 Å². The largest absolute Gasteiger partial charge is 0.497 e. The van der Waals surface area contributed by atoms with Gasteiger partial charge in [-0.25, -0.2) is 4.39 Å². The summed E-state index contributed by atoms with van der Waals surface area (Å²) < 4.78 is 19.9. The molecule has 0 spiro atoms. The molecule has 1 heterocycles. The smallest absolute Gasteiger partial charge is 0.131 e. The molecule has 0 unspecified atom stereocenters. The molecular formula is C23H30FNO.